The molecule has 0 saturated carbocycles. The summed E-state index contributed by atoms with van der Waals surface area (Å²) in [4.78, 5) is 14.6. The van der Waals surface area contributed by atoms with Gasteiger partial charge in [-0.1, -0.05) is 42.1 Å². The van der Waals surface area contributed by atoms with Gasteiger partial charge in [0, 0.05) is 12.1 Å². The van der Waals surface area contributed by atoms with E-state index in [1.807, 2.05) is 34.9 Å². The van der Waals surface area contributed by atoms with E-state index in [-0.39, 0.29) is 23.9 Å². The predicted molar refractivity (Wildman–Crippen MR) is 126 cm³/mol. The molecule has 2 heterocycles. The molecule has 34 heavy (non-hydrogen) atoms. The zero-order valence-electron chi connectivity index (χ0n) is 18.3. The third kappa shape index (κ3) is 5.91. The van der Waals surface area contributed by atoms with Gasteiger partial charge in [0.2, 0.25) is 5.91 Å². The molecule has 0 N–H and O–H groups in total. The van der Waals surface area contributed by atoms with Crippen LogP contribution in [0.15, 0.2) is 82.6 Å². The summed E-state index contributed by atoms with van der Waals surface area (Å²) in [5, 5.41) is 18.2. The molecule has 0 atom stereocenters. The van der Waals surface area contributed by atoms with Crippen LogP contribution in [0.4, 0.5) is 4.39 Å². The first-order valence-corrected chi connectivity index (χ1v) is 11.7. The topological polar surface area (TPSA) is 87.9 Å². The number of rotatable bonds is 10. The lowest BCUT2D eigenvalue weighted by molar-refractivity contribution is -0.129. The summed E-state index contributed by atoms with van der Waals surface area (Å²) < 4.78 is 20.7. The quantitative estimate of drug-likeness (QED) is 0.307. The van der Waals surface area contributed by atoms with Gasteiger partial charge >= 0.3 is 0 Å². The molecule has 0 radical (unpaired) electrons. The highest BCUT2D eigenvalue weighted by Gasteiger charge is 2.20. The molecule has 9 heteroatoms. The van der Waals surface area contributed by atoms with Gasteiger partial charge in [-0.3, -0.25) is 9.36 Å². The Bertz CT molecular complexity index is 1250. The zero-order chi connectivity index (χ0) is 23.8. The minimum absolute atomic E-state index is 0.127. The fourth-order valence-corrected chi connectivity index (χ4v) is 4.24. The number of hydrogen-bond donors (Lipinski definition) is 0. The van der Waals surface area contributed by atoms with Crippen molar-refractivity contribution in [1.29, 1.82) is 5.26 Å². The van der Waals surface area contributed by atoms with Crippen LogP contribution in [-0.2, 0) is 17.9 Å². The summed E-state index contributed by atoms with van der Waals surface area (Å²) in [5.41, 5.74) is 1.78. The summed E-state index contributed by atoms with van der Waals surface area (Å²) in [6.45, 7) is 1.11. The SMILES string of the molecule is N#CCCN(Cc1ccco1)C(=O)CSc1nnc(-c2ccc(F)cc2)n1Cc1ccccc1. The molecule has 0 spiro atoms. The molecule has 172 valence electrons. The van der Waals surface area contributed by atoms with E-state index in [2.05, 4.69) is 16.3 Å². The number of halogens is 1. The number of furan rings is 1. The van der Waals surface area contributed by atoms with Crippen LogP contribution in [0.1, 0.15) is 17.7 Å². The average Bonchev–Trinajstić information content (AvgIpc) is 3.51. The van der Waals surface area contributed by atoms with Gasteiger partial charge in [-0.15, -0.1) is 10.2 Å². The molecule has 0 aliphatic carbocycles. The molecule has 2 aromatic carbocycles. The van der Waals surface area contributed by atoms with E-state index in [1.165, 1.54) is 23.9 Å². The van der Waals surface area contributed by atoms with Crippen LogP contribution < -0.4 is 0 Å². The second kappa shape index (κ2) is 11.3. The summed E-state index contributed by atoms with van der Waals surface area (Å²) in [7, 11) is 0. The molecule has 4 rings (SSSR count). The Hall–Kier alpha value is -3.90. The largest absolute Gasteiger partial charge is 0.467 e. The summed E-state index contributed by atoms with van der Waals surface area (Å²) in [6, 6.07) is 21.6. The van der Waals surface area contributed by atoms with Crippen molar-refractivity contribution in [3.63, 3.8) is 0 Å². The van der Waals surface area contributed by atoms with Crippen LogP contribution in [0.5, 0.6) is 0 Å². The summed E-state index contributed by atoms with van der Waals surface area (Å²) in [5.74, 6) is 0.918. The normalized spacial score (nSPS) is 10.7. The fourth-order valence-electron chi connectivity index (χ4n) is 3.40. The second-order valence-electron chi connectivity index (χ2n) is 7.48. The lowest BCUT2D eigenvalue weighted by atomic mass is 10.2. The summed E-state index contributed by atoms with van der Waals surface area (Å²) in [6.07, 6.45) is 1.79. The smallest absolute Gasteiger partial charge is 0.233 e. The van der Waals surface area contributed by atoms with Crippen LogP contribution in [0.2, 0.25) is 0 Å². The monoisotopic (exact) mass is 475 g/mol. The first-order valence-electron chi connectivity index (χ1n) is 10.7. The number of nitriles is 1. The van der Waals surface area contributed by atoms with Crippen LogP contribution in [0, 0.1) is 17.1 Å². The van der Waals surface area contributed by atoms with Crippen LogP contribution >= 0.6 is 11.8 Å². The molecule has 0 aliphatic rings. The molecule has 0 bridgehead atoms. The van der Waals surface area contributed by atoms with Crippen molar-refractivity contribution in [2.75, 3.05) is 12.3 Å². The molecule has 4 aromatic rings. The number of thioether (sulfide) groups is 1. The Labute approximate surface area is 200 Å². The number of hydrogen-bond acceptors (Lipinski definition) is 6. The second-order valence-corrected chi connectivity index (χ2v) is 8.42. The van der Waals surface area contributed by atoms with Crippen molar-refractivity contribution in [2.24, 2.45) is 0 Å². The fraction of sp³-hybridized carbons (Fsp3) is 0.200. The van der Waals surface area contributed by atoms with Gasteiger partial charge in [0.1, 0.15) is 11.6 Å². The lowest BCUT2D eigenvalue weighted by Crippen LogP contribution is -2.32. The van der Waals surface area contributed by atoms with Gasteiger partial charge in [-0.25, -0.2) is 4.39 Å². The maximum atomic E-state index is 13.4. The van der Waals surface area contributed by atoms with Gasteiger partial charge in [-0.2, -0.15) is 5.26 Å². The maximum absolute atomic E-state index is 13.4. The molecule has 1 amide bonds. The van der Waals surface area contributed by atoms with Gasteiger partial charge in [0.15, 0.2) is 11.0 Å². The van der Waals surface area contributed by atoms with Crippen molar-refractivity contribution in [3.8, 4) is 17.5 Å². The highest BCUT2D eigenvalue weighted by Crippen LogP contribution is 2.26. The van der Waals surface area contributed by atoms with Gasteiger partial charge in [0.25, 0.3) is 0 Å². The third-order valence-corrected chi connectivity index (χ3v) is 6.05. The Morgan fingerprint density at radius 2 is 1.88 bits per heavy atom. The van der Waals surface area contributed by atoms with Gasteiger partial charge < -0.3 is 9.32 Å². The van der Waals surface area contributed by atoms with E-state index in [0.717, 1.165) is 11.1 Å². The molecular weight excluding hydrogens is 453 g/mol. The first-order chi connectivity index (χ1) is 16.6. The van der Waals surface area contributed by atoms with Crippen molar-refractivity contribution in [3.05, 3.63) is 90.1 Å². The molecule has 0 saturated heterocycles. The molecule has 0 aliphatic heterocycles. The van der Waals surface area contributed by atoms with E-state index in [1.54, 1.807) is 35.4 Å². The molecular formula is C25H22FN5O2S. The van der Waals surface area contributed by atoms with Crippen LogP contribution in [0.25, 0.3) is 11.4 Å². The van der Waals surface area contributed by atoms with E-state index >= 15 is 0 Å². The predicted octanol–water partition coefficient (Wildman–Crippen LogP) is 4.76. The lowest BCUT2D eigenvalue weighted by Gasteiger charge is -2.20. The number of carbonyl (C=O) groups excluding carboxylic acids is 1. The van der Waals surface area contributed by atoms with Crippen LogP contribution in [0.3, 0.4) is 0 Å². The number of benzene rings is 2. The van der Waals surface area contributed by atoms with E-state index in [9.17, 15) is 9.18 Å². The minimum Gasteiger partial charge on any atom is -0.467 e. The van der Waals surface area contributed by atoms with Crippen LogP contribution in [-0.4, -0.2) is 37.9 Å². The summed E-state index contributed by atoms with van der Waals surface area (Å²) >= 11 is 1.28. The number of aromatic nitrogens is 3. The van der Waals surface area contributed by atoms with Crippen molar-refractivity contribution in [2.45, 2.75) is 24.7 Å². The number of nitrogens with zero attached hydrogens (tertiary/aromatic N) is 5. The van der Waals surface area contributed by atoms with E-state index in [0.29, 0.717) is 36.4 Å². The molecule has 7 nitrogen and oxygen atoms in total. The van der Waals surface area contributed by atoms with E-state index < -0.39 is 0 Å². The highest BCUT2D eigenvalue weighted by molar-refractivity contribution is 7.99. The highest BCUT2D eigenvalue weighted by atomic mass is 32.2. The molecule has 0 unspecified atom stereocenters. The maximum Gasteiger partial charge on any atom is 0.233 e. The Kier molecular flexibility index (Phi) is 7.73. The first kappa shape index (κ1) is 23.3. The molecule has 0 fully saturated rings. The van der Waals surface area contributed by atoms with Gasteiger partial charge in [0.05, 0.1) is 37.6 Å². The van der Waals surface area contributed by atoms with Crippen molar-refractivity contribution >= 4 is 17.7 Å². The zero-order valence-corrected chi connectivity index (χ0v) is 19.1. The standard InChI is InChI=1S/C25H22FN5O2S/c26-21-11-9-20(10-12-21)24-28-29-25(31(24)16-19-6-2-1-3-7-19)34-18-23(32)30(14-5-13-27)17-22-8-4-15-33-22/h1-4,6-12,15H,5,14,16-18H2. The average molecular weight is 476 g/mol. The Balaban J connectivity index is 1.54. The Morgan fingerprint density at radius 3 is 2.59 bits per heavy atom. The number of amides is 1. The van der Waals surface area contributed by atoms with Crippen molar-refractivity contribution in [1.82, 2.24) is 19.7 Å². The number of carbonyl (C=O) groups is 1. The molecule has 2 aromatic heterocycles. The van der Waals surface area contributed by atoms with E-state index in [4.69, 9.17) is 9.68 Å². The third-order valence-electron chi connectivity index (χ3n) is 5.10. The van der Waals surface area contributed by atoms with Crippen molar-refractivity contribution < 1.29 is 13.6 Å². The minimum atomic E-state index is -0.327. The Morgan fingerprint density at radius 1 is 1.09 bits per heavy atom. The van der Waals surface area contributed by atoms with Gasteiger partial charge in [-0.05, 0) is 42.0 Å².